The van der Waals surface area contributed by atoms with Crippen LogP contribution in [0.4, 0.5) is 5.69 Å². The van der Waals surface area contributed by atoms with Gasteiger partial charge in [0.1, 0.15) is 17.7 Å². The number of nitriles is 2. The molecule has 0 aromatic heterocycles. The summed E-state index contributed by atoms with van der Waals surface area (Å²) in [5.74, 6) is -2.56. The molecule has 1 atom stereocenters. The number of Topliss-reactive ketones (excluding diaryl/α,β-unsaturated/α-hetero) is 1. The number of non-ortho nitro benzene ring substituents is 1. The Kier molecular flexibility index (Phi) is 4.02. The Balaban J connectivity index is 2.46. The number of carbonyl (C=O) groups is 1. The standard InChI is InChI=1S/C16H5N5O7/c17-5-7(6-18)13-11(20(25)26)4-12(21(27)28)14-9-2-1-8(19(23)24)3-10(9)16(22)15(13)14/h1-4,15H. The van der Waals surface area contributed by atoms with Crippen molar-refractivity contribution < 1.29 is 19.6 Å². The highest BCUT2D eigenvalue weighted by Gasteiger charge is 2.50. The van der Waals surface area contributed by atoms with E-state index in [1.807, 2.05) is 0 Å². The SMILES string of the molecule is N#CC(C#N)=C1C([N+](=O)[O-])=CC([N+](=O)[O-])=C2c3ccc([N+](=O)[O-])cc3C(=O)C12. The van der Waals surface area contributed by atoms with Gasteiger partial charge in [-0.15, -0.1) is 0 Å². The smallest absolute Gasteiger partial charge is 0.282 e. The zero-order valence-corrected chi connectivity index (χ0v) is 13.5. The van der Waals surface area contributed by atoms with E-state index < -0.39 is 54.7 Å². The van der Waals surface area contributed by atoms with Crippen molar-refractivity contribution in [2.75, 3.05) is 0 Å². The van der Waals surface area contributed by atoms with Crippen molar-refractivity contribution in [3.05, 3.63) is 88.3 Å². The lowest BCUT2D eigenvalue weighted by atomic mass is 9.81. The minimum Gasteiger partial charge on any atom is -0.293 e. The molecule has 3 rings (SSSR count). The third-order valence-corrected chi connectivity index (χ3v) is 4.32. The lowest BCUT2D eigenvalue weighted by molar-refractivity contribution is -0.433. The van der Waals surface area contributed by atoms with Crippen molar-refractivity contribution >= 4 is 17.0 Å². The van der Waals surface area contributed by atoms with E-state index >= 15 is 0 Å². The number of nitro groups is 3. The quantitative estimate of drug-likeness (QED) is 0.428. The van der Waals surface area contributed by atoms with Crippen LogP contribution in [0.25, 0.3) is 5.57 Å². The highest BCUT2D eigenvalue weighted by molar-refractivity contribution is 6.17. The van der Waals surface area contributed by atoms with Crippen LogP contribution in [0.15, 0.2) is 46.8 Å². The predicted octanol–water partition coefficient (Wildman–Crippen LogP) is 1.91. The van der Waals surface area contributed by atoms with Gasteiger partial charge >= 0.3 is 0 Å². The van der Waals surface area contributed by atoms with Crippen LogP contribution in [0, 0.1) is 58.9 Å². The van der Waals surface area contributed by atoms with Crippen molar-refractivity contribution in [1.29, 1.82) is 10.5 Å². The third-order valence-electron chi connectivity index (χ3n) is 4.32. The van der Waals surface area contributed by atoms with Gasteiger partial charge in [-0.1, -0.05) is 0 Å². The van der Waals surface area contributed by atoms with E-state index in [9.17, 15) is 35.1 Å². The van der Waals surface area contributed by atoms with Crippen molar-refractivity contribution in [3.63, 3.8) is 0 Å². The van der Waals surface area contributed by atoms with Gasteiger partial charge in [-0.2, -0.15) is 10.5 Å². The molecule has 12 heteroatoms. The molecule has 12 nitrogen and oxygen atoms in total. The fourth-order valence-corrected chi connectivity index (χ4v) is 3.24. The van der Waals surface area contributed by atoms with E-state index in [1.54, 1.807) is 0 Å². The second-order valence-electron chi connectivity index (χ2n) is 5.64. The summed E-state index contributed by atoms with van der Waals surface area (Å²) in [6, 6.07) is 5.99. The summed E-state index contributed by atoms with van der Waals surface area (Å²) in [4.78, 5) is 44.1. The lowest BCUT2D eigenvalue weighted by Gasteiger charge is -2.17. The van der Waals surface area contributed by atoms with Crippen LogP contribution in [-0.2, 0) is 0 Å². The normalized spacial score (nSPS) is 17.1. The van der Waals surface area contributed by atoms with Gasteiger partial charge in [-0.05, 0) is 11.6 Å². The van der Waals surface area contributed by atoms with Crippen LogP contribution in [0.3, 0.4) is 0 Å². The van der Waals surface area contributed by atoms with Gasteiger partial charge < -0.3 is 0 Å². The second-order valence-corrected chi connectivity index (χ2v) is 5.64. The molecule has 0 fully saturated rings. The fourth-order valence-electron chi connectivity index (χ4n) is 3.24. The zero-order valence-electron chi connectivity index (χ0n) is 13.5. The van der Waals surface area contributed by atoms with Crippen LogP contribution in [0.2, 0.25) is 0 Å². The van der Waals surface area contributed by atoms with Crippen LogP contribution < -0.4 is 0 Å². The molecule has 2 aliphatic rings. The molecule has 0 radical (unpaired) electrons. The molecule has 1 aromatic carbocycles. The van der Waals surface area contributed by atoms with Gasteiger partial charge in [-0.25, -0.2) is 0 Å². The molecular weight excluding hydrogens is 374 g/mol. The number of fused-ring (bicyclic) bond motifs is 3. The number of hydrogen-bond acceptors (Lipinski definition) is 9. The van der Waals surface area contributed by atoms with Crippen LogP contribution in [0.1, 0.15) is 15.9 Å². The molecule has 2 aliphatic carbocycles. The summed E-state index contributed by atoms with van der Waals surface area (Å²) in [6.07, 6.45) is 0.583. The number of hydrogen-bond donors (Lipinski definition) is 0. The topological polar surface area (TPSA) is 194 Å². The predicted molar refractivity (Wildman–Crippen MR) is 88.2 cm³/mol. The van der Waals surface area contributed by atoms with E-state index in [4.69, 9.17) is 10.5 Å². The van der Waals surface area contributed by atoms with Crippen molar-refractivity contribution in [1.82, 2.24) is 0 Å². The van der Waals surface area contributed by atoms with E-state index in [-0.39, 0.29) is 16.7 Å². The molecule has 0 saturated carbocycles. The maximum Gasteiger partial charge on any atom is 0.282 e. The number of nitrogens with zero attached hydrogens (tertiary/aromatic N) is 5. The molecule has 0 amide bonds. The van der Waals surface area contributed by atoms with Crippen molar-refractivity contribution in [3.8, 4) is 12.1 Å². The molecule has 0 heterocycles. The summed E-state index contributed by atoms with van der Waals surface area (Å²) in [5, 5.41) is 52.2. The molecule has 0 N–H and O–H groups in total. The van der Waals surface area contributed by atoms with Crippen LogP contribution >= 0.6 is 0 Å². The number of benzene rings is 1. The number of ketones is 1. The van der Waals surface area contributed by atoms with Gasteiger partial charge in [0.05, 0.1) is 37.9 Å². The molecular formula is C16H5N5O7. The summed E-state index contributed by atoms with van der Waals surface area (Å²) < 4.78 is 0. The first-order valence-electron chi connectivity index (χ1n) is 7.35. The number of allylic oxidation sites excluding steroid dienone is 4. The molecule has 1 unspecified atom stereocenters. The Hall–Kier alpha value is -4.71. The Morgan fingerprint density at radius 1 is 0.964 bits per heavy atom. The molecule has 0 bridgehead atoms. The summed E-state index contributed by atoms with van der Waals surface area (Å²) in [7, 11) is 0. The maximum atomic E-state index is 12.9. The molecule has 136 valence electrons. The third kappa shape index (κ3) is 2.41. The Bertz CT molecular complexity index is 1180. The Labute approximate surface area is 154 Å². The van der Waals surface area contributed by atoms with E-state index in [0.717, 1.165) is 18.2 Å². The van der Waals surface area contributed by atoms with E-state index in [0.29, 0.717) is 6.08 Å². The van der Waals surface area contributed by atoms with Crippen molar-refractivity contribution in [2.24, 2.45) is 5.92 Å². The van der Waals surface area contributed by atoms with Gasteiger partial charge in [0.2, 0.25) is 0 Å². The fraction of sp³-hybridized carbons (Fsp3) is 0.0625. The zero-order chi connectivity index (χ0) is 20.7. The Morgan fingerprint density at radius 3 is 2.11 bits per heavy atom. The molecule has 1 aromatic rings. The van der Waals surface area contributed by atoms with E-state index in [2.05, 4.69) is 0 Å². The summed E-state index contributed by atoms with van der Waals surface area (Å²) >= 11 is 0. The number of rotatable bonds is 3. The second kappa shape index (κ2) is 6.22. The van der Waals surface area contributed by atoms with Gasteiger partial charge in [0, 0.05) is 17.7 Å². The first-order chi connectivity index (χ1) is 13.2. The van der Waals surface area contributed by atoms with Gasteiger partial charge in [0.25, 0.3) is 17.1 Å². The van der Waals surface area contributed by atoms with Crippen LogP contribution in [-0.4, -0.2) is 20.6 Å². The molecule has 0 saturated heterocycles. The molecule has 0 aliphatic heterocycles. The Morgan fingerprint density at radius 2 is 1.61 bits per heavy atom. The van der Waals surface area contributed by atoms with Gasteiger partial charge in [0.15, 0.2) is 5.78 Å². The summed E-state index contributed by atoms with van der Waals surface area (Å²) in [6.45, 7) is 0. The lowest BCUT2D eigenvalue weighted by Crippen LogP contribution is -2.23. The van der Waals surface area contributed by atoms with E-state index in [1.165, 1.54) is 12.1 Å². The summed E-state index contributed by atoms with van der Waals surface area (Å²) in [5.41, 5.74) is -3.96. The number of carbonyl (C=O) groups excluding carboxylic acids is 1. The average molecular weight is 379 g/mol. The first-order valence-corrected chi connectivity index (χ1v) is 7.35. The first kappa shape index (κ1) is 18.1. The van der Waals surface area contributed by atoms with Crippen molar-refractivity contribution in [2.45, 2.75) is 0 Å². The molecule has 28 heavy (non-hydrogen) atoms. The largest absolute Gasteiger partial charge is 0.293 e. The average Bonchev–Trinajstić information content (AvgIpc) is 2.94. The minimum absolute atomic E-state index is 0.0151. The van der Waals surface area contributed by atoms with Gasteiger partial charge in [-0.3, -0.25) is 35.1 Å². The number of nitro benzene ring substituents is 1. The highest BCUT2D eigenvalue weighted by atomic mass is 16.6. The maximum absolute atomic E-state index is 12.9. The highest BCUT2D eigenvalue weighted by Crippen LogP contribution is 2.49. The molecule has 0 spiro atoms. The monoisotopic (exact) mass is 379 g/mol. The minimum atomic E-state index is -1.66. The van der Waals surface area contributed by atoms with Crippen LogP contribution in [0.5, 0.6) is 0 Å².